The molecule has 754 valence electrons. The average molecular weight is 1890 g/mol. The monoisotopic (exact) mass is 1890 g/mol. The lowest BCUT2D eigenvalue weighted by molar-refractivity contribution is -0.576. The van der Waals surface area contributed by atoms with E-state index in [9.17, 15) is 53.1 Å². The number of carbonyl (C=O) groups is 10. The van der Waals surface area contributed by atoms with Crippen LogP contribution in [-0.2, 0) is 139 Å². The Morgan fingerprint density at radius 2 is 0.694 bits per heavy atom. The van der Waals surface area contributed by atoms with Gasteiger partial charge in [0.1, 0.15) is 17.9 Å². The quantitative estimate of drug-likeness (QED) is 0.0143. The van der Waals surface area contributed by atoms with Crippen molar-refractivity contribution in [2.45, 2.75) is 447 Å². The smallest absolute Gasteiger partial charge is 0.308 e. The molecule has 20 fully saturated rings. The van der Waals surface area contributed by atoms with Crippen LogP contribution in [0.25, 0.3) is 0 Å². The Hall–Kier alpha value is -5.58. The molecule has 134 heavy (non-hydrogen) atoms. The highest BCUT2D eigenvalue weighted by molar-refractivity contribution is 5.93. The molecule has 4 aliphatic carbocycles. The number of rotatable bonds is 42. The van der Waals surface area contributed by atoms with Crippen molar-refractivity contribution in [3.63, 3.8) is 0 Å². The molecule has 20 rings (SSSR count). The van der Waals surface area contributed by atoms with Gasteiger partial charge in [-0.3, -0.25) is 47.9 Å². The van der Waals surface area contributed by atoms with Crippen LogP contribution in [0.15, 0.2) is 0 Å². The molecule has 16 saturated heterocycles. The van der Waals surface area contributed by atoms with E-state index in [-0.39, 0.29) is 204 Å². The SMILES string of the molecule is C[C@H]1[C@H](OC(=O)CCC(=O)CCCCCC(NC(=O)CCC(=O)O[C@@H]2O[C@@H]3O[C@]4(C)CC[C@H]5[C@H](C)CC[C@@H]([C@H]2C)[C@@]35OO4)C(=O)NC(CCCCNC(=O)C(CCCCNC(=O)CCC(=O)O[C@@H]2O[C@@H]3O[C@]4(C)CC[C@H]5[C@H](C)CC[C@@H]([C@H]2C)[C@@]35OO4)NC(=O)CCCC[C@@H]2O[C@@H]3O[C@]4(C)CC[C@H]5[C@H](C)CC[C@@H]([C@H]2C)[C@@]35OO4)C(=O)CCCO)O[C@@H]2O[C@]3(C)CC[C@H]4[C@H](C)CC[C@@H]1[C@@]24OO3. The Labute approximate surface area is 787 Å². The Morgan fingerprint density at radius 3 is 1.13 bits per heavy atom. The summed E-state index contributed by atoms with van der Waals surface area (Å²) in [4.78, 5) is 188. The fourth-order valence-corrected chi connectivity index (χ4v) is 26.9. The topological polar surface area (TPSA) is 426 Å². The van der Waals surface area contributed by atoms with Gasteiger partial charge in [-0.15, -0.1) is 0 Å². The number of carbonyl (C=O) groups excluding carboxylic acids is 10. The van der Waals surface area contributed by atoms with Crippen molar-refractivity contribution >= 4 is 59.0 Å². The number of esters is 3. The van der Waals surface area contributed by atoms with Crippen LogP contribution in [0.1, 0.15) is 333 Å². The van der Waals surface area contributed by atoms with E-state index in [1.807, 2.05) is 48.5 Å². The Morgan fingerprint density at radius 1 is 0.328 bits per heavy atom. The van der Waals surface area contributed by atoms with Crippen molar-refractivity contribution in [2.24, 2.45) is 94.7 Å². The third-order valence-corrected chi connectivity index (χ3v) is 34.7. The van der Waals surface area contributed by atoms with Gasteiger partial charge in [-0.25, -0.2) is 39.1 Å². The third-order valence-electron chi connectivity index (χ3n) is 34.7. The number of fused-ring (bicyclic) bond motifs is 8. The average Bonchev–Trinajstić information content (AvgIpc) is 1.47. The summed E-state index contributed by atoms with van der Waals surface area (Å²) in [5.74, 6) is -7.57. The normalized spacial score (nSPS) is 42.3. The van der Waals surface area contributed by atoms with E-state index in [0.29, 0.717) is 114 Å². The summed E-state index contributed by atoms with van der Waals surface area (Å²) in [5, 5.41) is 24.5. The first kappa shape index (κ1) is 101. The summed E-state index contributed by atoms with van der Waals surface area (Å²) in [7, 11) is 0. The maximum Gasteiger partial charge on any atom is 0.308 e. The summed E-state index contributed by atoms with van der Waals surface area (Å²) in [6.45, 7) is 24.5. The first-order chi connectivity index (χ1) is 64.0. The number of unbranched alkanes of at least 4 members (excludes halogenated alkanes) is 5. The number of nitrogens with one attached hydrogen (secondary N) is 5. The number of hydrogen-bond acceptors (Lipinski definition) is 30. The predicted octanol–water partition coefficient (Wildman–Crippen LogP) is 12.3. The second-order valence-electron chi connectivity index (χ2n) is 43.8. The summed E-state index contributed by atoms with van der Waals surface area (Å²) in [5.41, 5.74) is -3.25. The lowest BCUT2D eigenvalue weighted by Crippen LogP contribution is -2.70. The molecular formula is C99H153N5O30. The zero-order chi connectivity index (χ0) is 95.0. The first-order valence-electron chi connectivity index (χ1n) is 51.5. The fraction of sp³-hybridized carbons (Fsp3) is 0.899. The van der Waals surface area contributed by atoms with Crippen molar-refractivity contribution in [3.05, 3.63) is 0 Å². The zero-order valence-corrected chi connectivity index (χ0v) is 81.1. The Balaban J connectivity index is 0.519. The number of Topliss-reactive ketones (excluding diaryl/α,β-unsaturated/α-hetero) is 2. The standard InChI is InChI=1S/C99H153N5O30/c1-55-30-35-68-59(5)76(116-88-96(68)64(55)44-48-92(9,123-88)127-131-96)28-16-17-29-78(109)102-73(26-19-20-52-100-77(108)39-42-81(112)118-86-61(7)70-37-32-57(3)66-46-50-94(11)125-90(121-86)98(66,70)133-129-94)83(114)101-53-21-18-24-72(75(107)27-22-54-105)104-84(115)74(103-79(110)40-43-82(113)119-87-62(8)71-38-33-58(4)67-47-51-95(12)126-91(122-87)99(67,71)134-130-95)25-15-13-14-23-63(106)34-41-80(111)117-85-60(6)69-36-31-56(2)65-45-49-93(10)124-89(120-85)97(65,69)132-128-93/h55-62,64-74,76,85-91,105H,13-54H2,1-12H3,(H,100,108)(H,101,114)(H,102,109)(H,103,110)(H,104,115)/t55-,56-,57-,58-,59-,60-,61-,62-,64+,65+,66+,67+,68+,69+,70+,71+,72?,73?,74?,76+,85-,86-,87-,88-,89-,90-,91-,92+,93+,94+,95+,96-,97-,98-,99-/m1/s1. The number of hydrogen-bond donors (Lipinski definition) is 6. The predicted molar refractivity (Wildman–Crippen MR) is 471 cm³/mol. The van der Waals surface area contributed by atoms with Crippen LogP contribution in [0.2, 0.25) is 0 Å². The number of ketones is 2. The molecule has 16 heterocycles. The van der Waals surface area contributed by atoms with E-state index >= 15 is 0 Å². The van der Waals surface area contributed by atoms with Crippen LogP contribution in [0, 0.1) is 94.7 Å². The second-order valence-corrected chi connectivity index (χ2v) is 43.8. The maximum absolute atomic E-state index is 14.8. The Kier molecular flexibility index (Phi) is 32.0. The molecule has 0 aromatic heterocycles. The van der Waals surface area contributed by atoms with Crippen LogP contribution in [0.3, 0.4) is 0 Å². The van der Waals surface area contributed by atoms with Gasteiger partial charge in [0.2, 0.25) is 71.6 Å². The van der Waals surface area contributed by atoms with Gasteiger partial charge >= 0.3 is 17.9 Å². The van der Waals surface area contributed by atoms with Gasteiger partial charge < -0.3 is 83.8 Å². The summed E-state index contributed by atoms with van der Waals surface area (Å²) < 4.78 is 70.2. The van der Waals surface area contributed by atoms with E-state index in [0.717, 1.165) is 77.0 Å². The van der Waals surface area contributed by atoms with Gasteiger partial charge in [-0.2, -0.15) is 0 Å². The summed E-state index contributed by atoms with van der Waals surface area (Å²) in [6.07, 6.45) is 11.2. The van der Waals surface area contributed by atoms with Crippen molar-refractivity contribution in [1.29, 1.82) is 0 Å². The number of amides is 5. The maximum atomic E-state index is 14.8. The van der Waals surface area contributed by atoms with E-state index in [1.54, 1.807) is 0 Å². The van der Waals surface area contributed by atoms with Gasteiger partial charge in [0.05, 0.1) is 31.4 Å². The third kappa shape index (κ3) is 20.9. The number of aliphatic hydroxyl groups excluding tert-OH is 1. The van der Waals surface area contributed by atoms with E-state index in [4.69, 9.17) is 91.2 Å². The van der Waals surface area contributed by atoms with Crippen LogP contribution in [0.5, 0.6) is 0 Å². The molecule has 5 amide bonds. The molecule has 4 spiro atoms. The molecule has 0 aromatic carbocycles. The van der Waals surface area contributed by atoms with Gasteiger partial charge in [0, 0.05) is 125 Å². The molecule has 6 N–H and O–H groups in total. The van der Waals surface area contributed by atoms with Crippen molar-refractivity contribution in [1.82, 2.24) is 26.6 Å². The molecule has 0 aromatic rings. The van der Waals surface area contributed by atoms with E-state index in [1.165, 1.54) is 0 Å². The number of aliphatic hydroxyl groups is 1. The molecule has 16 aliphatic heterocycles. The highest BCUT2D eigenvalue weighted by atomic mass is 17.3. The van der Waals surface area contributed by atoms with Crippen molar-refractivity contribution in [2.75, 3.05) is 19.7 Å². The minimum absolute atomic E-state index is 0.0556. The van der Waals surface area contributed by atoms with Gasteiger partial charge in [-0.05, 0) is 229 Å². The van der Waals surface area contributed by atoms with Gasteiger partial charge in [0.25, 0.3) is 0 Å². The van der Waals surface area contributed by atoms with Gasteiger partial charge in [0.15, 0.2) is 53.3 Å². The molecule has 8 bridgehead atoms. The zero-order valence-electron chi connectivity index (χ0n) is 81.1. The number of ether oxygens (including phenoxy) is 11. The molecule has 20 aliphatic rings. The van der Waals surface area contributed by atoms with E-state index in [2.05, 4.69) is 61.2 Å². The first-order valence-corrected chi connectivity index (χ1v) is 51.5. The minimum Gasteiger partial charge on any atom is -0.435 e. The minimum atomic E-state index is -1.22. The van der Waals surface area contributed by atoms with Crippen LogP contribution in [-0.4, -0.2) is 198 Å². The molecular weight excluding hydrogens is 1740 g/mol. The molecule has 35 heteroatoms. The molecule has 3 unspecified atom stereocenters. The largest absolute Gasteiger partial charge is 0.435 e. The lowest BCUT2D eigenvalue weighted by atomic mass is 9.57. The van der Waals surface area contributed by atoms with Gasteiger partial charge in [-0.1, -0.05) is 74.7 Å². The summed E-state index contributed by atoms with van der Waals surface area (Å²) in [6, 6.07) is -3.27. The van der Waals surface area contributed by atoms with Crippen LogP contribution in [0.4, 0.5) is 0 Å². The highest BCUT2D eigenvalue weighted by Gasteiger charge is 2.75. The second kappa shape index (κ2) is 42.3. The molecule has 4 saturated carbocycles. The Bertz CT molecular complexity index is 4170. The highest BCUT2D eigenvalue weighted by Crippen LogP contribution is 2.66. The molecule has 35 nitrogen and oxygen atoms in total. The van der Waals surface area contributed by atoms with Crippen LogP contribution >= 0.6 is 0 Å². The van der Waals surface area contributed by atoms with Crippen molar-refractivity contribution in [3.8, 4) is 0 Å². The van der Waals surface area contributed by atoms with Crippen LogP contribution < -0.4 is 26.6 Å². The van der Waals surface area contributed by atoms with E-state index < -0.39 is 143 Å². The lowest BCUT2D eigenvalue weighted by Gasteiger charge is -2.60. The molecule has 35 atom stereocenters. The van der Waals surface area contributed by atoms with Crippen molar-refractivity contribution < 1.29 is 144 Å². The molecule has 0 radical (unpaired) electrons. The summed E-state index contributed by atoms with van der Waals surface area (Å²) >= 11 is 0. The fourth-order valence-electron chi connectivity index (χ4n) is 26.9.